The Morgan fingerprint density at radius 2 is 2.24 bits per heavy atom. The molecule has 0 aliphatic rings. The van der Waals surface area contributed by atoms with Crippen molar-refractivity contribution in [2.75, 3.05) is 13.1 Å². The van der Waals surface area contributed by atoms with Crippen molar-refractivity contribution in [3.63, 3.8) is 0 Å². The van der Waals surface area contributed by atoms with E-state index in [4.69, 9.17) is 11.0 Å². The molecular formula is C13H21N3S. The number of nitriles is 1. The topological polar surface area (TPSA) is 53.0 Å². The molecular weight excluding hydrogens is 230 g/mol. The van der Waals surface area contributed by atoms with E-state index in [0.717, 1.165) is 6.54 Å². The minimum Gasteiger partial charge on any atom is -0.329 e. The number of aryl methyl sites for hydroxylation is 1. The van der Waals surface area contributed by atoms with Crippen LogP contribution in [0.4, 0.5) is 0 Å². The second-order valence-electron chi connectivity index (χ2n) is 4.46. The highest BCUT2D eigenvalue weighted by Crippen LogP contribution is 2.29. The standard InChI is InChI=1S/C13H21N3S/c1-10(2)16(7-4-6-14)12(9-15)13-11(3)5-8-17-13/h5,8,10,12H,4,7,9,15H2,1-3H3. The van der Waals surface area contributed by atoms with Crippen LogP contribution in [-0.2, 0) is 0 Å². The van der Waals surface area contributed by atoms with Crippen LogP contribution < -0.4 is 5.73 Å². The van der Waals surface area contributed by atoms with E-state index >= 15 is 0 Å². The molecule has 94 valence electrons. The summed E-state index contributed by atoms with van der Waals surface area (Å²) in [7, 11) is 0. The molecule has 1 aromatic rings. The highest BCUT2D eigenvalue weighted by molar-refractivity contribution is 7.10. The van der Waals surface area contributed by atoms with E-state index in [2.05, 4.69) is 43.2 Å². The highest BCUT2D eigenvalue weighted by Gasteiger charge is 2.23. The number of hydrogen-bond donors (Lipinski definition) is 1. The van der Waals surface area contributed by atoms with Gasteiger partial charge in [-0.3, -0.25) is 4.90 Å². The molecule has 3 nitrogen and oxygen atoms in total. The zero-order valence-electron chi connectivity index (χ0n) is 10.8. The molecule has 4 heteroatoms. The van der Waals surface area contributed by atoms with Crippen molar-refractivity contribution in [2.45, 2.75) is 39.3 Å². The van der Waals surface area contributed by atoms with Crippen molar-refractivity contribution in [3.8, 4) is 6.07 Å². The Hall–Kier alpha value is -0.890. The molecule has 2 N–H and O–H groups in total. The summed E-state index contributed by atoms with van der Waals surface area (Å²) in [6, 6.07) is 4.98. The van der Waals surface area contributed by atoms with Crippen LogP contribution in [0.3, 0.4) is 0 Å². The molecule has 0 radical (unpaired) electrons. The molecule has 0 amide bonds. The molecule has 1 atom stereocenters. The van der Waals surface area contributed by atoms with E-state index in [0.29, 0.717) is 19.0 Å². The molecule has 0 saturated carbocycles. The van der Waals surface area contributed by atoms with E-state index in [1.807, 2.05) is 0 Å². The van der Waals surface area contributed by atoms with Gasteiger partial charge in [0.1, 0.15) is 0 Å². The molecule has 0 spiro atoms. The van der Waals surface area contributed by atoms with Crippen LogP contribution in [0.5, 0.6) is 0 Å². The number of thiophene rings is 1. The third-order valence-electron chi connectivity index (χ3n) is 2.97. The fraction of sp³-hybridized carbons (Fsp3) is 0.615. The van der Waals surface area contributed by atoms with E-state index in [1.54, 1.807) is 11.3 Å². The van der Waals surface area contributed by atoms with Crippen molar-refractivity contribution in [2.24, 2.45) is 5.73 Å². The van der Waals surface area contributed by atoms with Crippen LogP contribution in [0.2, 0.25) is 0 Å². The lowest BCUT2D eigenvalue weighted by Crippen LogP contribution is -2.39. The van der Waals surface area contributed by atoms with Gasteiger partial charge in [-0.05, 0) is 37.8 Å². The van der Waals surface area contributed by atoms with Crippen LogP contribution in [0.1, 0.15) is 36.8 Å². The normalized spacial score (nSPS) is 13.0. The number of rotatable bonds is 6. The van der Waals surface area contributed by atoms with Gasteiger partial charge in [-0.1, -0.05) is 0 Å². The highest BCUT2D eigenvalue weighted by atomic mass is 32.1. The zero-order valence-corrected chi connectivity index (χ0v) is 11.6. The molecule has 1 unspecified atom stereocenters. The van der Waals surface area contributed by atoms with Crippen LogP contribution in [0.25, 0.3) is 0 Å². The molecule has 0 fully saturated rings. The zero-order chi connectivity index (χ0) is 12.8. The number of hydrogen-bond acceptors (Lipinski definition) is 4. The fourth-order valence-corrected chi connectivity index (χ4v) is 3.13. The Balaban J connectivity index is 2.90. The van der Waals surface area contributed by atoms with Gasteiger partial charge in [-0.2, -0.15) is 5.26 Å². The van der Waals surface area contributed by atoms with Gasteiger partial charge in [-0.15, -0.1) is 11.3 Å². The van der Waals surface area contributed by atoms with E-state index in [1.165, 1.54) is 10.4 Å². The first-order chi connectivity index (χ1) is 8.11. The predicted molar refractivity (Wildman–Crippen MR) is 72.9 cm³/mol. The van der Waals surface area contributed by atoms with Crippen molar-refractivity contribution in [1.29, 1.82) is 5.26 Å². The Bertz CT molecular complexity index is 378. The predicted octanol–water partition coefficient (Wildman–Crippen LogP) is 2.68. The Morgan fingerprint density at radius 3 is 2.65 bits per heavy atom. The lowest BCUT2D eigenvalue weighted by atomic mass is 10.1. The average Bonchev–Trinajstić information content (AvgIpc) is 2.70. The largest absolute Gasteiger partial charge is 0.329 e. The monoisotopic (exact) mass is 251 g/mol. The molecule has 1 rings (SSSR count). The summed E-state index contributed by atoms with van der Waals surface area (Å²) in [4.78, 5) is 3.65. The third-order valence-corrected chi connectivity index (χ3v) is 4.09. The summed E-state index contributed by atoms with van der Waals surface area (Å²) in [6.07, 6.45) is 0.555. The Kier molecular flexibility index (Phi) is 5.63. The van der Waals surface area contributed by atoms with Gasteiger partial charge >= 0.3 is 0 Å². The summed E-state index contributed by atoms with van der Waals surface area (Å²) < 4.78 is 0. The smallest absolute Gasteiger partial charge is 0.0635 e. The number of nitrogens with zero attached hydrogens (tertiary/aromatic N) is 2. The lowest BCUT2D eigenvalue weighted by Gasteiger charge is -2.33. The van der Waals surface area contributed by atoms with Crippen LogP contribution in [-0.4, -0.2) is 24.0 Å². The van der Waals surface area contributed by atoms with Gasteiger partial charge in [0, 0.05) is 30.4 Å². The summed E-state index contributed by atoms with van der Waals surface area (Å²) in [5, 5.41) is 10.8. The van der Waals surface area contributed by atoms with Crippen molar-refractivity contribution < 1.29 is 0 Å². The van der Waals surface area contributed by atoms with Gasteiger partial charge in [0.25, 0.3) is 0 Å². The lowest BCUT2D eigenvalue weighted by molar-refractivity contribution is 0.163. The van der Waals surface area contributed by atoms with Crippen LogP contribution in [0.15, 0.2) is 11.4 Å². The minimum absolute atomic E-state index is 0.239. The van der Waals surface area contributed by atoms with Crippen molar-refractivity contribution >= 4 is 11.3 Å². The molecule has 0 aromatic carbocycles. The molecule has 0 aliphatic carbocycles. The minimum atomic E-state index is 0.239. The van der Waals surface area contributed by atoms with E-state index in [-0.39, 0.29) is 6.04 Å². The molecule has 0 bridgehead atoms. The van der Waals surface area contributed by atoms with Crippen LogP contribution in [0, 0.1) is 18.3 Å². The SMILES string of the molecule is Cc1ccsc1C(CN)N(CCC#N)C(C)C. The van der Waals surface area contributed by atoms with E-state index < -0.39 is 0 Å². The fourth-order valence-electron chi connectivity index (χ4n) is 2.07. The molecule has 17 heavy (non-hydrogen) atoms. The van der Waals surface area contributed by atoms with Crippen LogP contribution >= 0.6 is 11.3 Å². The summed E-state index contributed by atoms with van der Waals surface area (Å²) in [5.41, 5.74) is 7.22. The Labute approximate surface area is 108 Å². The molecule has 1 heterocycles. The average molecular weight is 251 g/mol. The summed E-state index contributed by atoms with van der Waals surface area (Å²) >= 11 is 1.76. The molecule has 0 aliphatic heterocycles. The van der Waals surface area contributed by atoms with Gasteiger partial charge in [-0.25, -0.2) is 0 Å². The quantitative estimate of drug-likeness (QED) is 0.845. The first-order valence-corrected chi connectivity index (χ1v) is 6.86. The van der Waals surface area contributed by atoms with Crippen molar-refractivity contribution in [3.05, 3.63) is 21.9 Å². The van der Waals surface area contributed by atoms with E-state index in [9.17, 15) is 0 Å². The van der Waals surface area contributed by atoms with Gasteiger partial charge in [0.2, 0.25) is 0 Å². The third kappa shape index (κ3) is 3.53. The van der Waals surface area contributed by atoms with Gasteiger partial charge in [0.15, 0.2) is 0 Å². The summed E-state index contributed by atoms with van der Waals surface area (Å²) in [5.74, 6) is 0. The Morgan fingerprint density at radius 1 is 1.53 bits per heavy atom. The maximum absolute atomic E-state index is 8.73. The first kappa shape index (κ1) is 14.2. The maximum atomic E-state index is 8.73. The van der Waals surface area contributed by atoms with Gasteiger partial charge < -0.3 is 5.73 Å². The molecule has 0 saturated heterocycles. The van der Waals surface area contributed by atoms with Crippen molar-refractivity contribution in [1.82, 2.24) is 4.90 Å². The second-order valence-corrected chi connectivity index (χ2v) is 5.41. The summed E-state index contributed by atoms with van der Waals surface area (Å²) in [6.45, 7) is 7.82. The second kappa shape index (κ2) is 6.75. The maximum Gasteiger partial charge on any atom is 0.0635 e. The van der Waals surface area contributed by atoms with Gasteiger partial charge in [0.05, 0.1) is 12.1 Å². The first-order valence-electron chi connectivity index (χ1n) is 5.98. The number of nitrogens with two attached hydrogens (primary N) is 1. The molecule has 1 aromatic heterocycles.